The van der Waals surface area contributed by atoms with Crippen LogP contribution in [-0.2, 0) is 12.8 Å². The van der Waals surface area contributed by atoms with Gasteiger partial charge in [-0.25, -0.2) is 8.78 Å². The van der Waals surface area contributed by atoms with Gasteiger partial charge in [0.05, 0.1) is 0 Å². The Balaban J connectivity index is 1.85. The van der Waals surface area contributed by atoms with E-state index in [-0.39, 0.29) is 5.82 Å². The zero-order chi connectivity index (χ0) is 16.6. The normalized spacial score (nSPS) is 21.1. The quantitative estimate of drug-likeness (QED) is 0.864. The Morgan fingerprint density at radius 1 is 1.13 bits per heavy atom. The molecule has 2 nitrogen and oxygen atoms in total. The summed E-state index contributed by atoms with van der Waals surface area (Å²) in [7, 11) is 1.66. The first-order valence-corrected chi connectivity index (χ1v) is 7.79. The van der Waals surface area contributed by atoms with Gasteiger partial charge in [0.15, 0.2) is 11.9 Å². The third-order valence-electron chi connectivity index (χ3n) is 4.53. The molecule has 2 aromatic carbocycles. The molecule has 1 N–H and O–H groups in total. The minimum Gasteiger partial charge on any atom is -0.472 e. The topological polar surface area (TPSA) is 21.3 Å². The number of hydrogen-bond donors (Lipinski definition) is 1. The Morgan fingerprint density at radius 2 is 1.87 bits per heavy atom. The van der Waals surface area contributed by atoms with Crippen LogP contribution in [0.2, 0.25) is 0 Å². The van der Waals surface area contributed by atoms with Crippen LogP contribution in [0.4, 0.5) is 8.78 Å². The monoisotopic (exact) mass is 317 g/mol. The second kappa shape index (κ2) is 5.93. The maximum atomic E-state index is 15.5. The van der Waals surface area contributed by atoms with Gasteiger partial charge in [-0.15, -0.1) is 0 Å². The fourth-order valence-corrected chi connectivity index (χ4v) is 3.24. The molecular formula is C19H21F2NO. The maximum Gasteiger partial charge on any atom is 0.184 e. The molecule has 23 heavy (non-hydrogen) atoms. The zero-order valence-electron chi connectivity index (χ0n) is 13.6. The molecule has 3 rings (SSSR count). The highest BCUT2D eigenvalue weighted by atomic mass is 19.1. The summed E-state index contributed by atoms with van der Waals surface area (Å²) in [5.74, 6) is 0.0177. The van der Waals surface area contributed by atoms with Crippen LogP contribution in [0, 0.1) is 19.7 Å². The van der Waals surface area contributed by atoms with Gasteiger partial charge in [-0.2, -0.15) is 0 Å². The van der Waals surface area contributed by atoms with Crippen LogP contribution in [0.1, 0.15) is 22.3 Å². The van der Waals surface area contributed by atoms with E-state index in [1.807, 2.05) is 25.1 Å². The number of halogens is 2. The number of hydrogen-bond acceptors (Lipinski definition) is 2. The van der Waals surface area contributed by atoms with Gasteiger partial charge in [0.25, 0.3) is 0 Å². The number of aryl methyl sites for hydroxylation is 1. The van der Waals surface area contributed by atoms with E-state index < -0.39 is 11.9 Å². The molecular weight excluding hydrogens is 296 g/mol. The second-order valence-corrected chi connectivity index (χ2v) is 6.31. The summed E-state index contributed by atoms with van der Waals surface area (Å²) < 4.78 is 35.0. The molecule has 2 unspecified atom stereocenters. The Morgan fingerprint density at radius 3 is 2.61 bits per heavy atom. The lowest BCUT2D eigenvalue weighted by Crippen LogP contribution is -2.51. The highest BCUT2D eigenvalue weighted by Crippen LogP contribution is 2.37. The van der Waals surface area contributed by atoms with Crippen molar-refractivity contribution in [2.75, 3.05) is 7.05 Å². The van der Waals surface area contributed by atoms with E-state index in [0.29, 0.717) is 24.2 Å². The van der Waals surface area contributed by atoms with Gasteiger partial charge in [0.2, 0.25) is 0 Å². The molecule has 0 bridgehead atoms. The summed E-state index contributed by atoms with van der Waals surface area (Å²) in [5.41, 5.74) is 1.99. The SMILES string of the molecule is CNC(Oc1cccc(F)c1C)C1(F)Cc2ccc(C)cc2C1. The molecule has 0 spiro atoms. The van der Waals surface area contributed by atoms with Crippen LogP contribution in [0.15, 0.2) is 36.4 Å². The Kier molecular flexibility index (Phi) is 4.11. The van der Waals surface area contributed by atoms with Gasteiger partial charge in [-0.1, -0.05) is 29.8 Å². The van der Waals surface area contributed by atoms with Gasteiger partial charge < -0.3 is 4.74 Å². The summed E-state index contributed by atoms with van der Waals surface area (Å²) in [6.45, 7) is 3.63. The van der Waals surface area contributed by atoms with E-state index in [1.165, 1.54) is 6.07 Å². The molecule has 4 heteroatoms. The molecule has 122 valence electrons. The van der Waals surface area contributed by atoms with Crippen molar-refractivity contribution in [2.24, 2.45) is 0 Å². The molecule has 0 amide bonds. The predicted molar refractivity (Wildman–Crippen MR) is 87.0 cm³/mol. The number of rotatable bonds is 4. The first-order valence-electron chi connectivity index (χ1n) is 7.79. The second-order valence-electron chi connectivity index (χ2n) is 6.31. The number of fused-ring (bicyclic) bond motifs is 1. The molecule has 0 aliphatic heterocycles. The van der Waals surface area contributed by atoms with Gasteiger partial charge in [0.1, 0.15) is 11.6 Å². The van der Waals surface area contributed by atoms with Gasteiger partial charge in [-0.3, -0.25) is 5.32 Å². The standard InChI is InChI=1S/C19H21F2NO/c1-12-7-8-14-10-19(21,11-15(14)9-12)18(22-3)23-17-6-4-5-16(20)13(17)2/h4-9,18,22H,10-11H2,1-3H3. The van der Waals surface area contributed by atoms with Crippen molar-refractivity contribution >= 4 is 0 Å². The maximum absolute atomic E-state index is 15.5. The summed E-state index contributed by atoms with van der Waals surface area (Å²) in [4.78, 5) is 0. The zero-order valence-corrected chi connectivity index (χ0v) is 13.6. The van der Waals surface area contributed by atoms with E-state index in [1.54, 1.807) is 26.1 Å². The van der Waals surface area contributed by atoms with Crippen molar-refractivity contribution in [3.8, 4) is 5.75 Å². The van der Waals surface area contributed by atoms with Crippen molar-refractivity contribution in [2.45, 2.75) is 38.6 Å². The van der Waals surface area contributed by atoms with E-state index >= 15 is 4.39 Å². The highest BCUT2D eigenvalue weighted by Gasteiger charge is 2.45. The molecule has 0 fully saturated rings. The van der Waals surface area contributed by atoms with Crippen molar-refractivity contribution in [1.82, 2.24) is 5.32 Å². The Labute approximate surface area is 135 Å². The van der Waals surface area contributed by atoms with Crippen LogP contribution in [-0.4, -0.2) is 18.9 Å². The summed E-state index contributed by atoms with van der Waals surface area (Å²) in [6, 6.07) is 10.6. The fourth-order valence-electron chi connectivity index (χ4n) is 3.24. The number of alkyl halides is 1. The molecule has 0 saturated heterocycles. The van der Waals surface area contributed by atoms with Crippen molar-refractivity contribution in [3.05, 3.63) is 64.5 Å². The third kappa shape index (κ3) is 2.95. The summed E-state index contributed by atoms with van der Waals surface area (Å²) in [5, 5.41) is 2.91. The van der Waals surface area contributed by atoms with Crippen molar-refractivity contribution in [3.63, 3.8) is 0 Å². The molecule has 0 saturated carbocycles. The summed E-state index contributed by atoms with van der Waals surface area (Å²) >= 11 is 0. The summed E-state index contributed by atoms with van der Waals surface area (Å²) in [6.07, 6.45) is -0.248. The van der Waals surface area contributed by atoms with Gasteiger partial charge >= 0.3 is 0 Å². The lowest BCUT2D eigenvalue weighted by molar-refractivity contribution is -0.00167. The van der Waals surface area contributed by atoms with Crippen molar-refractivity contribution in [1.29, 1.82) is 0 Å². The van der Waals surface area contributed by atoms with Crippen LogP contribution in [0.25, 0.3) is 0 Å². The first kappa shape index (κ1) is 15.9. The Bertz CT molecular complexity index is 731. The lowest BCUT2D eigenvalue weighted by Gasteiger charge is -2.30. The van der Waals surface area contributed by atoms with Gasteiger partial charge in [0, 0.05) is 18.4 Å². The van der Waals surface area contributed by atoms with Crippen LogP contribution in [0.3, 0.4) is 0 Å². The van der Waals surface area contributed by atoms with Crippen LogP contribution in [0.5, 0.6) is 5.75 Å². The van der Waals surface area contributed by atoms with Crippen LogP contribution < -0.4 is 10.1 Å². The molecule has 0 radical (unpaired) electrons. The molecule has 1 aliphatic carbocycles. The highest BCUT2D eigenvalue weighted by molar-refractivity contribution is 5.39. The van der Waals surface area contributed by atoms with E-state index in [4.69, 9.17) is 4.74 Å². The Hall–Kier alpha value is -1.94. The molecule has 1 aliphatic rings. The number of benzene rings is 2. The number of nitrogens with one attached hydrogen (secondary N) is 1. The van der Waals surface area contributed by atoms with Crippen LogP contribution >= 0.6 is 0 Å². The lowest BCUT2D eigenvalue weighted by atomic mass is 10.00. The van der Waals surface area contributed by atoms with Crippen molar-refractivity contribution < 1.29 is 13.5 Å². The first-order chi connectivity index (χ1) is 10.9. The average Bonchev–Trinajstić information content (AvgIpc) is 2.85. The fraction of sp³-hybridized carbons (Fsp3) is 0.368. The molecule has 0 aromatic heterocycles. The van der Waals surface area contributed by atoms with Gasteiger partial charge in [-0.05, 0) is 44.2 Å². The van der Waals surface area contributed by atoms with E-state index in [2.05, 4.69) is 5.32 Å². The molecule has 2 aromatic rings. The molecule has 0 heterocycles. The predicted octanol–water partition coefficient (Wildman–Crippen LogP) is 3.87. The minimum atomic E-state index is -1.55. The largest absolute Gasteiger partial charge is 0.472 e. The minimum absolute atomic E-state index is 0.294. The third-order valence-corrected chi connectivity index (χ3v) is 4.53. The molecule has 2 atom stereocenters. The smallest absolute Gasteiger partial charge is 0.184 e. The van der Waals surface area contributed by atoms with E-state index in [0.717, 1.165) is 16.7 Å². The average molecular weight is 317 g/mol. The van der Waals surface area contributed by atoms with E-state index in [9.17, 15) is 4.39 Å². The number of ether oxygens (including phenoxy) is 1.